The zero-order chi connectivity index (χ0) is 13.1. The highest BCUT2D eigenvalue weighted by molar-refractivity contribution is 7.80. The molecule has 0 saturated heterocycles. The zero-order valence-electron chi connectivity index (χ0n) is 10.8. The molecule has 1 aliphatic carbocycles. The molecule has 1 saturated carbocycles. The fraction of sp³-hybridized carbons (Fsp3) is 0.571. The van der Waals surface area contributed by atoms with E-state index in [0.717, 1.165) is 22.8 Å². The van der Waals surface area contributed by atoms with Crippen LogP contribution in [-0.2, 0) is 6.54 Å². The maximum Gasteiger partial charge on any atom is 0.0471 e. The summed E-state index contributed by atoms with van der Waals surface area (Å²) in [5.74, 6) is 0. The highest BCUT2D eigenvalue weighted by Gasteiger charge is 2.22. The fourth-order valence-corrected chi connectivity index (χ4v) is 3.16. The lowest BCUT2D eigenvalue weighted by Crippen LogP contribution is -2.35. The van der Waals surface area contributed by atoms with E-state index in [1.54, 1.807) is 0 Å². The third-order valence-corrected chi connectivity index (χ3v) is 4.72. The summed E-state index contributed by atoms with van der Waals surface area (Å²) in [6.45, 7) is 0.827. The summed E-state index contributed by atoms with van der Waals surface area (Å²) in [4.78, 5) is 2.37. The van der Waals surface area contributed by atoms with E-state index in [9.17, 15) is 0 Å². The highest BCUT2D eigenvalue weighted by atomic mass is 35.5. The van der Waals surface area contributed by atoms with Gasteiger partial charge in [0, 0.05) is 34.1 Å². The Kier molecular flexibility index (Phi) is 4.82. The van der Waals surface area contributed by atoms with Crippen LogP contribution >= 0.6 is 24.2 Å². The van der Waals surface area contributed by atoms with Crippen LogP contribution in [0.2, 0.25) is 5.02 Å². The van der Waals surface area contributed by atoms with Crippen molar-refractivity contribution < 1.29 is 0 Å². The molecule has 4 heteroatoms. The topological polar surface area (TPSA) is 29.3 Å². The largest absolute Gasteiger partial charge is 0.398 e. The van der Waals surface area contributed by atoms with E-state index in [4.69, 9.17) is 17.3 Å². The molecular weight excluding hydrogens is 264 g/mol. The highest BCUT2D eigenvalue weighted by Crippen LogP contribution is 2.29. The summed E-state index contributed by atoms with van der Waals surface area (Å²) < 4.78 is 0. The monoisotopic (exact) mass is 284 g/mol. The lowest BCUT2D eigenvalue weighted by Gasteiger charge is -2.33. The molecule has 0 unspecified atom stereocenters. The molecule has 100 valence electrons. The van der Waals surface area contributed by atoms with E-state index in [1.807, 2.05) is 18.2 Å². The second-order valence-electron chi connectivity index (χ2n) is 5.19. The second kappa shape index (κ2) is 6.18. The van der Waals surface area contributed by atoms with Crippen molar-refractivity contribution in [3.63, 3.8) is 0 Å². The van der Waals surface area contributed by atoms with Crippen LogP contribution in [0.15, 0.2) is 18.2 Å². The molecule has 1 aromatic carbocycles. The third kappa shape index (κ3) is 3.34. The number of benzene rings is 1. The first-order valence-corrected chi connectivity index (χ1v) is 7.38. The molecule has 2 N–H and O–H groups in total. The van der Waals surface area contributed by atoms with Crippen LogP contribution in [0.4, 0.5) is 5.69 Å². The van der Waals surface area contributed by atoms with Gasteiger partial charge in [0.05, 0.1) is 0 Å². The molecule has 0 aromatic heterocycles. The lowest BCUT2D eigenvalue weighted by molar-refractivity contribution is 0.187. The van der Waals surface area contributed by atoms with Gasteiger partial charge in [-0.25, -0.2) is 0 Å². The maximum atomic E-state index is 6.22. The molecule has 0 aliphatic heterocycles. The van der Waals surface area contributed by atoms with E-state index < -0.39 is 0 Å². The maximum absolute atomic E-state index is 6.22. The number of rotatable bonds is 3. The van der Waals surface area contributed by atoms with E-state index in [-0.39, 0.29) is 0 Å². The van der Waals surface area contributed by atoms with Crippen molar-refractivity contribution in [3.8, 4) is 0 Å². The molecule has 0 heterocycles. The fourth-order valence-electron chi connectivity index (χ4n) is 2.62. The predicted octanol–water partition coefficient (Wildman–Crippen LogP) is 3.60. The molecule has 1 aliphatic rings. The minimum Gasteiger partial charge on any atom is -0.398 e. The smallest absolute Gasteiger partial charge is 0.0471 e. The van der Waals surface area contributed by atoms with Crippen molar-refractivity contribution in [3.05, 3.63) is 28.8 Å². The van der Waals surface area contributed by atoms with Gasteiger partial charge in [-0.1, -0.05) is 17.7 Å². The first kappa shape index (κ1) is 14.0. The number of halogens is 1. The number of nitrogen functional groups attached to an aromatic ring is 1. The van der Waals surface area contributed by atoms with Gasteiger partial charge in [-0.2, -0.15) is 12.6 Å². The van der Waals surface area contributed by atoms with Crippen LogP contribution < -0.4 is 5.73 Å². The van der Waals surface area contributed by atoms with Crippen molar-refractivity contribution >= 4 is 29.9 Å². The van der Waals surface area contributed by atoms with E-state index in [0.29, 0.717) is 11.3 Å². The minimum absolute atomic E-state index is 0.583. The van der Waals surface area contributed by atoms with Gasteiger partial charge >= 0.3 is 0 Å². The first-order chi connectivity index (χ1) is 8.58. The lowest BCUT2D eigenvalue weighted by atomic mass is 9.93. The summed E-state index contributed by atoms with van der Waals surface area (Å²) >= 11 is 10.8. The molecule has 2 nitrogen and oxygen atoms in total. The molecule has 0 amide bonds. The van der Waals surface area contributed by atoms with Gasteiger partial charge < -0.3 is 5.73 Å². The Morgan fingerprint density at radius 1 is 1.33 bits per heavy atom. The van der Waals surface area contributed by atoms with Crippen LogP contribution in [0, 0.1) is 0 Å². The number of thiol groups is 1. The Balaban J connectivity index is 2.00. The second-order valence-corrected chi connectivity index (χ2v) is 6.32. The summed E-state index contributed by atoms with van der Waals surface area (Å²) in [5.41, 5.74) is 7.84. The molecule has 0 radical (unpaired) electrons. The average Bonchev–Trinajstić information content (AvgIpc) is 2.34. The van der Waals surface area contributed by atoms with Crippen LogP contribution in [0.25, 0.3) is 0 Å². The molecule has 0 bridgehead atoms. The number of anilines is 1. The van der Waals surface area contributed by atoms with Gasteiger partial charge in [-0.3, -0.25) is 4.90 Å². The van der Waals surface area contributed by atoms with E-state index in [2.05, 4.69) is 24.6 Å². The molecule has 0 spiro atoms. The molecule has 1 aromatic rings. The quantitative estimate of drug-likeness (QED) is 0.656. The third-order valence-electron chi connectivity index (χ3n) is 3.85. The summed E-state index contributed by atoms with van der Waals surface area (Å²) in [5, 5.41) is 1.35. The van der Waals surface area contributed by atoms with Crippen molar-refractivity contribution in [2.45, 2.75) is 43.5 Å². The van der Waals surface area contributed by atoms with Crippen LogP contribution in [-0.4, -0.2) is 23.2 Å². The Bertz CT molecular complexity index is 383. The van der Waals surface area contributed by atoms with E-state index >= 15 is 0 Å². The summed E-state index contributed by atoms with van der Waals surface area (Å²) in [7, 11) is 2.16. The van der Waals surface area contributed by atoms with Crippen molar-refractivity contribution in [2.75, 3.05) is 12.8 Å². The predicted molar refractivity (Wildman–Crippen MR) is 82.4 cm³/mol. The van der Waals surface area contributed by atoms with Gasteiger partial charge in [0.25, 0.3) is 0 Å². The normalized spacial score (nSPS) is 24.4. The van der Waals surface area contributed by atoms with Crippen LogP contribution in [0.1, 0.15) is 31.2 Å². The Hall–Kier alpha value is -0.380. The van der Waals surface area contributed by atoms with Gasteiger partial charge in [0.1, 0.15) is 0 Å². The number of nitrogens with zero attached hydrogens (tertiary/aromatic N) is 1. The zero-order valence-corrected chi connectivity index (χ0v) is 12.4. The minimum atomic E-state index is 0.583. The standard InChI is InChI=1S/C14H21ClN2S/c1-17(10-5-7-11(18)8-6-10)9-12-13(15)3-2-4-14(12)16/h2-4,10-11,18H,5-9,16H2,1H3/t10-,11-. The molecule has 2 rings (SSSR count). The SMILES string of the molecule is CN(Cc1c(N)cccc1Cl)[C@H]1CC[C@H](S)CC1. The number of hydrogen-bond donors (Lipinski definition) is 2. The molecular formula is C14H21ClN2S. The van der Waals surface area contributed by atoms with Gasteiger partial charge in [0.2, 0.25) is 0 Å². The van der Waals surface area contributed by atoms with Gasteiger partial charge in [-0.15, -0.1) is 0 Å². The molecule has 18 heavy (non-hydrogen) atoms. The molecule has 1 fully saturated rings. The number of nitrogens with two attached hydrogens (primary N) is 1. The van der Waals surface area contributed by atoms with Crippen molar-refractivity contribution in [1.29, 1.82) is 0 Å². The van der Waals surface area contributed by atoms with Crippen molar-refractivity contribution in [2.24, 2.45) is 0 Å². The van der Waals surface area contributed by atoms with Gasteiger partial charge in [-0.05, 0) is 44.9 Å². The number of hydrogen-bond acceptors (Lipinski definition) is 3. The summed E-state index contributed by atoms with van der Waals surface area (Å²) in [6, 6.07) is 6.35. The Morgan fingerprint density at radius 3 is 2.61 bits per heavy atom. The van der Waals surface area contributed by atoms with Crippen LogP contribution in [0.5, 0.6) is 0 Å². The average molecular weight is 285 g/mol. The Morgan fingerprint density at radius 2 is 2.00 bits per heavy atom. The first-order valence-electron chi connectivity index (χ1n) is 6.49. The van der Waals surface area contributed by atoms with Crippen LogP contribution in [0.3, 0.4) is 0 Å². The molecule has 0 atom stereocenters. The van der Waals surface area contributed by atoms with Crippen molar-refractivity contribution in [1.82, 2.24) is 4.90 Å². The van der Waals surface area contributed by atoms with E-state index in [1.165, 1.54) is 25.7 Å². The van der Waals surface area contributed by atoms with Gasteiger partial charge in [0.15, 0.2) is 0 Å². The summed E-state index contributed by atoms with van der Waals surface area (Å²) in [6.07, 6.45) is 4.84. The Labute approximate surface area is 120 Å².